The monoisotopic (exact) mass is 262 g/mol. The van der Waals surface area contributed by atoms with Crippen molar-refractivity contribution in [1.29, 1.82) is 0 Å². The minimum Gasteiger partial charge on any atom is -0.372 e. The van der Waals surface area contributed by atoms with Gasteiger partial charge in [0.25, 0.3) is 0 Å². The summed E-state index contributed by atoms with van der Waals surface area (Å²) in [5.41, 5.74) is 2.70. The van der Waals surface area contributed by atoms with Gasteiger partial charge < -0.3 is 10.2 Å². The lowest BCUT2D eigenvalue weighted by Crippen LogP contribution is -2.23. The van der Waals surface area contributed by atoms with E-state index in [9.17, 15) is 0 Å². The normalized spacial score (nSPS) is 10.7. The average molecular weight is 262 g/mol. The van der Waals surface area contributed by atoms with E-state index in [0.29, 0.717) is 0 Å². The van der Waals surface area contributed by atoms with Crippen LogP contribution in [0.3, 0.4) is 0 Å². The van der Waals surface area contributed by atoms with Gasteiger partial charge in [-0.2, -0.15) is 0 Å². The lowest BCUT2D eigenvalue weighted by molar-refractivity contribution is 0.593. The minimum atomic E-state index is 1.09. The van der Waals surface area contributed by atoms with Crippen molar-refractivity contribution in [2.45, 2.75) is 46.5 Å². The number of anilines is 1. The van der Waals surface area contributed by atoms with Gasteiger partial charge in [0.1, 0.15) is 0 Å². The first-order valence-electron chi connectivity index (χ1n) is 7.80. The van der Waals surface area contributed by atoms with Crippen molar-refractivity contribution in [2.75, 3.05) is 31.1 Å². The summed E-state index contributed by atoms with van der Waals surface area (Å²) in [6.07, 6.45) is 5.30. The van der Waals surface area contributed by atoms with Crippen LogP contribution in [-0.4, -0.2) is 26.2 Å². The predicted octanol–water partition coefficient (Wildman–Crippen LogP) is 3.99. The summed E-state index contributed by atoms with van der Waals surface area (Å²) in [5.74, 6) is 0. The zero-order valence-corrected chi connectivity index (χ0v) is 12.9. The van der Waals surface area contributed by atoms with Crippen molar-refractivity contribution in [3.63, 3.8) is 0 Å². The Morgan fingerprint density at radius 3 is 2.26 bits per heavy atom. The van der Waals surface area contributed by atoms with Gasteiger partial charge in [-0.25, -0.2) is 0 Å². The van der Waals surface area contributed by atoms with Crippen molar-refractivity contribution in [2.24, 2.45) is 0 Å². The van der Waals surface area contributed by atoms with E-state index in [4.69, 9.17) is 0 Å². The molecule has 0 bridgehead atoms. The maximum absolute atomic E-state index is 3.38. The fraction of sp³-hybridized carbons (Fsp3) is 0.647. The van der Waals surface area contributed by atoms with Crippen molar-refractivity contribution in [3.8, 4) is 0 Å². The van der Waals surface area contributed by atoms with Crippen LogP contribution in [0.4, 0.5) is 5.69 Å². The van der Waals surface area contributed by atoms with Crippen molar-refractivity contribution in [1.82, 2.24) is 5.32 Å². The molecule has 0 heterocycles. The number of rotatable bonds is 10. The molecule has 2 nitrogen and oxygen atoms in total. The minimum absolute atomic E-state index is 1.09. The smallest absolute Gasteiger partial charge is 0.0366 e. The molecule has 0 atom stereocenters. The van der Waals surface area contributed by atoms with Crippen molar-refractivity contribution < 1.29 is 0 Å². The van der Waals surface area contributed by atoms with Gasteiger partial charge in [0.15, 0.2) is 0 Å². The van der Waals surface area contributed by atoms with Gasteiger partial charge in [0.05, 0.1) is 0 Å². The molecular weight excluding hydrogens is 232 g/mol. The fourth-order valence-electron chi connectivity index (χ4n) is 2.31. The molecule has 0 aliphatic heterocycles. The Morgan fingerprint density at radius 2 is 1.63 bits per heavy atom. The Hall–Kier alpha value is -1.02. The molecular formula is C17H30N2. The van der Waals surface area contributed by atoms with E-state index >= 15 is 0 Å². The fourth-order valence-corrected chi connectivity index (χ4v) is 2.31. The zero-order chi connectivity index (χ0) is 13.9. The first kappa shape index (κ1) is 16.0. The highest BCUT2D eigenvalue weighted by Crippen LogP contribution is 2.15. The van der Waals surface area contributed by atoms with Gasteiger partial charge in [0, 0.05) is 18.8 Å². The predicted molar refractivity (Wildman–Crippen MR) is 86.1 cm³/mol. The van der Waals surface area contributed by atoms with E-state index < -0.39 is 0 Å². The number of benzene rings is 1. The highest BCUT2D eigenvalue weighted by atomic mass is 15.1. The third kappa shape index (κ3) is 6.63. The van der Waals surface area contributed by atoms with Gasteiger partial charge in [-0.05, 0) is 51.9 Å². The van der Waals surface area contributed by atoms with Crippen LogP contribution in [0, 0.1) is 6.92 Å². The number of nitrogens with zero attached hydrogens (tertiary/aromatic N) is 1. The van der Waals surface area contributed by atoms with Crippen molar-refractivity contribution >= 4 is 5.69 Å². The molecule has 0 amide bonds. The summed E-state index contributed by atoms with van der Waals surface area (Å²) >= 11 is 0. The second kappa shape index (κ2) is 9.85. The van der Waals surface area contributed by atoms with Gasteiger partial charge in [-0.3, -0.25) is 0 Å². The van der Waals surface area contributed by atoms with Crippen molar-refractivity contribution in [3.05, 3.63) is 29.8 Å². The van der Waals surface area contributed by atoms with Crippen LogP contribution in [0.25, 0.3) is 0 Å². The van der Waals surface area contributed by atoms with Crippen LogP contribution in [0.15, 0.2) is 24.3 Å². The number of hydrogen-bond acceptors (Lipinski definition) is 2. The molecule has 0 spiro atoms. The number of nitrogens with one attached hydrogen (secondary N) is 1. The molecule has 0 unspecified atom stereocenters. The SMILES string of the molecule is CCNCCCCCCN(CC)c1ccc(C)cc1. The maximum atomic E-state index is 3.38. The molecule has 0 aromatic heterocycles. The molecule has 1 aromatic carbocycles. The molecule has 0 aliphatic carbocycles. The quantitative estimate of drug-likeness (QED) is 0.641. The number of hydrogen-bond donors (Lipinski definition) is 1. The van der Waals surface area contributed by atoms with E-state index in [1.807, 2.05) is 0 Å². The van der Waals surface area contributed by atoms with Crippen LogP contribution in [0.1, 0.15) is 45.1 Å². The molecule has 0 radical (unpaired) electrons. The highest BCUT2D eigenvalue weighted by molar-refractivity contribution is 5.47. The molecule has 0 saturated carbocycles. The second-order valence-electron chi connectivity index (χ2n) is 5.18. The third-order valence-electron chi connectivity index (χ3n) is 3.56. The molecule has 1 aromatic rings. The summed E-state index contributed by atoms with van der Waals surface area (Å²) in [4.78, 5) is 2.48. The summed E-state index contributed by atoms with van der Waals surface area (Å²) in [6, 6.07) is 8.89. The van der Waals surface area contributed by atoms with E-state index in [1.54, 1.807) is 0 Å². The van der Waals surface area contributed by atoms with E-state index in [2.05, 4.69) is 55.3 Å². The highest BCUT2D eigenvalue weighted by Gasteiger charge is 2.03. The summed E-state index contributed by atoms with van der Waals surface area (Å²) < 4.78 is 0. The average Bonchev–Trinajstić information content (AvgIpc) is 2.43. The lowest BCUT2D eigenvalue weighted by atomic mass is 10.1. The molecule has 0 fully saturated rings. The Labute approximate surface area is 119 Å². The largest absolute Gasteiger partial charge is 0.372 e. The standard InChI is InChI=1S/C17H30N2/c1-4-18-14-8-6-7-9-15-19(5-2)17-12-10-16(3)11-13-17/h10-13,18H,4-9,14-15H2,1-3H3. The van der Waals surface area contributed by atoms with E-state index in [0.717, 1.165) is 13.1 Å². The second-order valence-corrected chi connectivity index (χ2v) is 5.18. The lowest BCUT2D eigenvalue weighted by Gasteiger charge is -2.23. The van der Waals surface area contributed by atoms with Crippen LogP contribution in [0.5, 0.6) is 0 Å². The third-order valence-corrected chi connectivity index (χ3v) is 3.56. The molecule has 0 saturated heterocycles. The van der Waals surface area contributed by atoms with E-state index in [1.165, 1.54) is 50.0 Å². The number of unbranched alkanes of at least 4 members (excludes halogenated alkanes) is 3. The van der Waals surface area contributed by atoms with Crippen LogP contribution in [0.2, 0.25) is 0 Å². The van der Waals surface area contributed by atoms with Gasteiger partial charge in [0.2, 0.25) is 0 Å². The van der Waals surface area contributed by atoms with E-state index in [-0.39, 0.29) is 0 Å². The molecule has 1 N–H and O–H groups in total. The maximum Gasteiger partial charge on any atom is 0.0366 e. The Bertz CT molecular complexity index is 319. The topological polar surface area (TPSA) is 15.3 Å². The van der Waals surface area contributed by atoms with Gasteiger partial charge >= 0.3 is 0 Å². The molecule has 1 rings (SSSR count). The first-order valence-corrected chi connectivity index (χ1v) is 7.80. The Morgan fingerprint density at radius 1 is 0.947 bits per heavy atom. The Balaban J connectivity index is 2.20. The van der Waals surface area contributed by atoms with Crippen LogP contribution in [-0.2, 0) is 0 Å². The summed E-state index contributed by atoms with van der Waals surface area (Å²) in [5, 5.41) is 3.38. The summed E-state index contributed by atoms with van der Waals surface area (Å²) in [7, 11) is 0. The zero-order valence-electron chi connectivity index (χ0n) is 12.9. The Kier molecular flexibility index (Phi) is 8.31. The summed E-state index contributed by atoms with van der Waals surface area (Å²) in [6.45, 7) is 11.1. The van der Waals surface area contributed by atoms with Crippen LogP contribution < -0.4 is 10.2 Å². The molecule has 0 aliphatic rings. The first-order chi connectivity index (χ1) is 9.27. The molecule has 108 valence electrons. The molecule has 2 heteroatoms. The number of aryl methyl sites for hydroxylation is 1. The van der Waals surface area contributed by atoms with Gasteiger partial charge in [-0.15, -0.1) is 0 Å². The van der Waals surface area contributed by atoms with Gasteiger partial charge in [-0.1, -0.05) is 37.5 Å². The van der Waals surface area contributed by atoms with Crippen LogP contribution >= 0.6 is 0 Å². The molecule has 19 heavy (non-hydrogen) atoms.